The van der Waals surface area contributed by atoms with Gasteiger partial charge >= 0.3 is 5.69 Å². The van der Waals surface area contributed by atoms with Crippen molar-refractivity contribution in [1.82, 2.24) is 0 Å². The summed E-state index contributed by atoms with van der Waals surface area (Å²) in [5.74, 6) is 2.02. The third-order valence-electron chi connectivity index (χ3n) is 1.54. The second-order valence-corrected chi connectivity index (χ2v) is 2.46. The van der Waals surface area contributed by atoms with Gasteiger partial charge in [0.25, 0.3) is 0 Å². The predicted octanol–water partition coefficient (Wildman–Crippen LogP) is 1.48. The fraction of sp³-hybridized carbons (Fsp3) is 0.111. The summed E-state index contributed by atoms with van der Waals surface area (Å²) in [6.45, 7) is 0. The minimum Gasteiger partial charge on any atom is -0.502 e. The second kappa shape index (κ2) is 3.59. The molecule has 13 heavy (non-hydrogen) atoms. The molecule has 66 valence electrons. The van der Waals surface area contributed by atoms with E-state index in [9.17, 15) is 10.1 Å². The average molecular weight is 177 g/mol. The van der Waals surface area contributed by atoms with Gasteiger partial charge in [0.05, 0.1) is 4.92 Å². The van der Waals surface area contributed by atoms with Gasteiger partial charge in [-0.15, -0.1) is 12.3 Å². The van der Waals surface area contributed by atoms with Crippen LogP contribution in [0.25, 0.3) is 0 Å². The molecule has 0 radical (unpaired) electrons. The van der Waals surface area contributed by atoms with Crippen molar-refractivity contribution in [2.24, 2.45) is 0 Å². The highest BCUT2D eigenvalue weighted by molar-refractivity contribution is 5.48. The highest BCUT2D eigenvalue weighted by atomic mass is 16.6. The molecule has 1 rings (SSSR count). The fourth-order valence-corrected chi connectivity index (χ4v) is 0.943. The van der Waals surface area contributed by atoms with E-state index < -0.39 is 4.92 Å². The third-order valence-corrected chi connectivity index (χ3v) is 1.54. The van der Waals surface area contributed by atoms with Crippen molar-refractivity contribution in [3.63, 3.8) is 0 Å². The summed E-state index contributed by atoms with van der Waals surface area (Å²) in [5, 5.41) is 19.5. The van der Waals surface area contributed by atoms with Gasteiger partial charge in [-0.3, -0.25) is 10.1 Å². The number of terminal acetylenes is 1. The van der Waals surface area contributed by atoms with Crippen molar-refractivity contribution in [1.29, 1.82) is 0 Å². The van der Waals surface area contributed by atoms with Crippen molar-refractivity contribution >= 4 is 5.69 Å². The SMILES string of the molecule is C#CCc1ccc(O)c([N+](=O)[O-])c1. The predicted molar refractivity (Wildman–Crippen MR) is 47.3 cm³/mol. The molecule has 1 aromatic rings. The molecule has 0 aliphatic carbocycles. The number of rotatable bonds is 2. The Kier molecular flexibility index (Phi) is 2.50. The van der Waals surface area contributed by atoms with E-state index in [1.807, 2.05) is 0 Å². The Balaban J connectivity index is 3.13. The molecule has 4 heteroatoms. The molecule has 1 aromatic carbocycles. The van der Waals surface area contributed by atoms with E-state index in [1.165, 1.54) is 12.1 Å². The first-order valence-electron chi connectivity index (χ1n) is 3.55. The van der Waals surface area contributed by atoms with Crippen LogP contribution in [0.4, 0.5) is 5.69 Å². The summed E-state index contributed by atoms with van der Waals surface area (Å²) >= 11 is 0. The molecule has 0 atom stereocenters. The third kappa shape index (κ3) is 1.97. The lowest BCUT2D eigenvalue weighted by molar-refractivity contribution is -0.385. The van der Waals surface area contributed by atoms with Crippen LogP contribution in [0, 0.1) is 22.5 Å². The van der Waals surface area contributed by atoms with E-state index in [1.54, 1.807) is 6.07 Å². The first kappa shape index (κ1) is 9.07. The molecule has 0 aliphatic rings. The van der Waals surface area contributed by atoms with Crippen LogP contribution in [0.2, 0.25) is 0 Å². The molecule has 0 amide bonds. The van der Waals surface area contributed by atoms with Crippen LogP contribution >= 0.6 is 0 Å². The maximum absolute atomic E-state index is 10.4. The number of nitro benzene ring substituents is 1. The van der Waals surface area contributed by atoms with Gasteiger partial charge in [-0.25, -0.2) is 0 Å². The zero-order valence-corrected chi connectivity index (χ0v) is 6.73. The van der Waals surface area contributed by atoms with Crippen LogP contribution in [0.15, 0.2) is 18.2 Å². The smallest absolute Gasteiger partial charge is 0.310 e. The summed E-state index contributed by atoms with van der Waals surface area (Å²) in [6.07, 6.45) is 5.36. The molecule has 0 aliphatic heterocycles. The Morgan fingerprint density at radius 2 is 2.31 bits per heavy atom. The lowest BCUT2D eigenvalue weighted by Gasteiger charge is -1.97. The van der Waals surface area contributed by atoms with E-state index in [2.05, 4.69) is 5.92 Å². The Hall–Kier alpha value is -2.02. The molecule has 0 saturated heterocycles. The maximum Gasteiger partial charge on any atom is 0.310 e. The number of phenols is 1. The van der Waals surface area contributed by atoms with Gasteiger partial charge in [-0.1, -0.05) is 6.07 Å². The fourth-order valence-electron chi connectivity index (χ4n) is 0.943. The lowest BCUT2D eigenvalue weighted by Crippen LogP contribution is -1.90. The standard InChI is InChI=1S/C9H7NO3/c1-2-3-7-4-5-9(11)8(6-7)10(12)13/h1,4-6,11H,3H2. The van der Waals surface area contributed by atoms with Crippen LogP contribution in [0.3, 0.4) is 0 Å². The van der Waals surface area contributed by atoms with E-state index in [0.717, 1.165) is 0 Å². The van der Waals surface area contributed by atoms with E-state index in [4.69, 9.17) is 11.5 Å². The highest BCUT2D eigenvalue weighted by Gasteiger charge is 2.12. The molecule has 0 bridgehead atoms. The number of hydrogen-bond donors (Lipinski definition) is 1. The van der Waals surface area contributed by atoms with Gasteiger partial charge in [0, 0.05) is 12.5 Å². The minimum atomic E-state index is -0.644. The molecule has 1 N–H and O–H groups in total. The van der Waals surface area contributed by atoms with E-state index >= 15 is 0 Å². The van der Waals surface area contributed by atoms with Crippen LogP contribution in [-0.4, -0.2) is 10.0 Å². The van der Waals surface area contributed by atoms with Crippen molar-refractivity contribution in [3.05, 3.63) is 33.9 Å². The molecule has 0 spiro atoms. The zero-order valence-electron chi connectivity index (χ0n) is 6.73. The first-order chi connectivity index (χ1) is 6.15. The van der Waals surface area contributed by atoms with Gasteiger partial charge < -0.3 is 5.11 Å². The Morgan fingerprint density at radius 1 is 1.62 bits per heavy atom. The summed E-state index contributed by atoms with van der Waals surface area (Å²) < 4.78 is 0. The number of hydrogen-bond acceptors (Lipinski definition) is 3. The van der Waals surface area contributed by atoms with E-state index in [-0.39, 0.29) is 11.4 Å². The molecule has 0 heterocycles. The van der Waals surface area contributed by atoms with Gasteiger partial charge in [-0.05, 0) is 11.6 Å². The Labute approximate surface area is 75.0 Å². The van der Waals surface area contributed by atoms with Crippen molar-refractivity contribution in [3.8, 4) is 18.1 Å². The highest BCUT2D eigenvalue weighted by Crippen LogP contribution is 2.26. The normalized spacial score (nSPS) is 9.15. The minimum absolute atomic E-state index is 0.312. The quantitative estimate of drug-likeness (QED) is 0.422. The van der Waals surface area contributed by atoms with Gasteiger partial charge in [0.15, 0.2) is 5.75 Å². The number of nitrogens with zero attached hydrogens (tertiary/aromatic N) is 1. The summed E-state index contributed by atoms with van der Waals surface area (Å²) in [6, 6.07) is 4.10. The van der Waals surface area contributed by atoms with Crippen LogP contribution < -0.4 is 0 Å². The van der Waals surface area contributed by atoms with Crippen LogP contribution in [-0.2, 0) is 6.42 Å². The average Bonchev–Trinajstić information content (AvgIpc) is 2.08. The molecule has 0 aromatic heterocycles. The van der Waals surface area contributed by atoms with Gasteiger partial charge in [0.1, 0.15) is 0 Å². The van der Waals surface area contributed by atoms with Gasteiger partial charge in [0.2, 0.25) is 0 Å². The number of phenolic OH excluding ortho intramolecular Hbond substituents is 1. The topological polar surface area (TPSA) is 63.4 Å². The van der Waals surface area contributed by atoms with Crippen LogP contribution in [0.5, 0.6) is 5.75 Å². The largest absolute Gasteiger partial charge is 0.502 e. The monoisotopic (exact) mass is 177 g/mol. The summed E-state index contributed by atoms with van der Waals surface area (Å²) in [4.78, 5) is 9.73. The maximum atomic E-state index is 10.4. The molecule has 4 nitrogen and oxygen atoms in total. The zero-order chi connectivity index (χ0) is 9.84. The second-order valence-electron chi connectivity index (χ2n) is 2.46. The number of benzene rings is 1. The van der Waals surface area contributed by atoms with Crippen LogP contribution in [0.1, 0.15) is 5.56 Å². The van der Waals surface area contributed by atoms with Gasteiger partial charge in [-0.2, -0.15) is 0 Å². The molecular weight excluding hydrogens is 170 g/mol. The van der Waals surface area contributed by atoms with Crippen molar-refractivity contribution in [2.75, 3.05) is 0 Å². The Morgan fingerprint density at radius 3 is 2.85 bits per heavy atom. The lowest BCUT2D eigenvalue weighted by atomic mass is 10.1. The van der Waals surface area contributed by atoms with Crippen molar-refractivity contribution < 1.29 is 10.0 Å². The number of aromatic hydroxyl groups is 1. The van der Waals surface area contributed by atoms with E-state index in [0.29, 0.717) is 12.0 Å². The molecular formula is C9H7NO3. The molecule has 0 fully saturated rings. The Bertz CT molecular complexity index is 379. The summed E-state index contributed by atoms with van der Waals surface area (Å²) in [5.41, 5.74) is 0.333. The number of nitro groups is 1. The first-order valence-corrected chi connectivity index (χ1v) is 3.55. The summed E-state index contributed by atoms with van der Waals surface area (Å²) in [7, 11) is 0. The molecule has 0 saturated carbocycles. The van der Waals surface area contributed by atoms with Crippen molar-refractivity contribution in [2.45, 2.75) is 6.42 Å². The molecule has 0 unspecified atom stereocenters.